The molecule has 1 aliphatic rings. The second kappa shape index (κ2) is 6.75. The van der Waals surface area contributed by atoms with E-state index in [1.54, 1.807) is 17.1 Å². The van der Waals surface area contributed by atoms with Crippen molar-refractivity contribution in [3.05, 3.63) is 17.4 Å². The van der Waals surface area contributed by atoms with Gasteiger partial charge >= 0.3 is 0 Å². The normalized spacial score (nSPS) is 16.7. The molecule has 2 heterocycles. The Kier molecular flexibility index (Phi) is 5.01. The first kappa shape index (κ1) is 13.4. The Morgan fingerprint density at radius 2 is 2.33 bits per heavy atom. The Bertz CT molecular complexity index is 388. The van der Waals surface area contributed by atoms with Gasteiger partial charge in [0.25, 0.3) is 0 Å². The Morgan fingerprint density at radius 3 is 3.00 bits per heavy atom. The standard InChI is InChI=1S/C12H18ClN3O2/c13-11-8-15-16(9-11)5-1-4-14-12(17)10-2-6-18-7-3-10/h8-10H,1-7H2,(H,14,17). The molecule has 0 radical (unpaired) electrons. The Morgan fingerprint density at radius 1 is 1.56 bits per heavy atom. The largest absolute Gasteiger partial charge is 0.381 e. The van der Waals surface area contributed by atoms with Crippen molar-refractivity contribution in [2.24, 2.45) is 5.92 Å². The number of rotatable bonds is 5. The molecule has 1 aromatic heterocycles. The van der Waals surface area contributed by atoms with Gasteiger partial charge < -0.3 is 10.1 Å². The van der Waals surface area contributed by atoms with Crippen molar-refractivity contribution in [1.29, 1.82) is 0 Å². The number of ether oxygens (including phenoxy) is 1. The predicted molar refractivity (Wildman–Crippen MR) is 68.4 cm³/mol. The van der Waals surface area contributed by atoms with Crippen LogP contribution in [0.25, 0.3) is 0 Å². The zero-order valence-corrected chi connectivity index (χ0v) is 11.0. The summed E-state index contributed by atoms with van der Waals surface area (Å²) in [6.45, 7) is 2.84. The molecule has 0 atom stereocenters. The Balaban J connectivity index is 1.61. The molecule has 6 heteroatoms. The third-order valence-electron chi connectivity index (χ3n) is 3.06. The number of amides is 1. The van der Waals surface area contributed by atoms with Crippen LogP contribution in [0.5, 0.6) is 0 Å². The highest BCUT2D eigenvalue weighted by Gasteiger charge is 2.20. The second-order valence-corrected chi connectivity index (χ2v) is 4.89. The maximum absolute atomic E-state index is 11.8. The molecule has 0 spiro atoms. The lowest BCUT2D eigenvalue weighted by Crippen LogP contribution is -2.35. The number of nitrogens with zero attached hydrogens (tertiary/aromatic N) is 2. The summed E-state index contributed by atoms with van der Waals surface area (Å²) in [6.07, 6.45) is 5.91. The van der Waals surface area contributed by atoms with Gasteiger partial charge in [0.1, 0.15) is 0 Å². The topological polar surface area (TPSA) is 56.2 Å². The molecule has 0 aromatic carbocycles. The fourth-order valence-corrected chi connectivity index (χ4v) is 2.17. The second-order valence-electron chi connectivity index (χ2n) is 4.45. The lowest BCUT2D eigenvalue weighted by Gasteiger charge is -2.21. The van der Waals surface area contributed by atoms with Crippen LogP contribution in [0.4, 0.5) is 0 Å². The molecule has 18 heavy (non-hydrogen) atoms. The van der Waals surface area contributed by atoms with E-state index in [-0.39, 0.29) is 11.8 Å². The van der Waals surface area contributed by atoms with E-state index < -0.39 is 0 Å². The van der Waals surface area contributed by atoms with Gasteiger partial charge in [-0.3, -0.25) is 9.48 Å². The van der Waals surface area contributed by atoms with Crippen molar-refractivity contribution < 1.29 is 9.53 Å². The van der Waals surface area contributed by atoms with Crippen LogP contribution in [0.1, 0.15) is 19.3 Å². The summed E-state index contributed by atoms with van der Waals surface area (Å²) < 4.78 is 7.01. The number of nitrogens with one attached hydrogen (secondary N) is 1. The fourth-order valence-electron chi connectivity index (χ4n) is 2.02. The monoisotopic (exact) mass is 271 g/mol. The van der Waals surface area contributed by atoms with Crippen molar-refractivity contribution in [1.82, 2.24) is 15.1 Å². The van der Waals surface area contributed by atoms with Crippen LogP contribution in [0.2, 0.25) is 5.02 Å². The highest BCUT2D eigenvalue weighted by atomic mass is 35.5. The number of carbonyl (C=O) groups excluding carboxylic acids is 1. The zero-order chi connectivity index (χ0) is 12.8. The Hall–Kier alpha value is -1.07. The predicted octanol–water partition coefficient (Wildman–Crippen LogP) is 1.47. The van der Waals surface area contributed by atoms with Crippen LogP contribution in [-0.4, -0.2) is 35.4 Å². The van der Waals surface area contributed by atoms with Gasteiger partial charge in [-0.25, -0.2) is 0 Å². The van der Waals surface area contributed by atoms with Crippen LogP contribution < -0.4 is 5.32 Å². The summed E-state index contributed by atoms with van der Waals surface area (Å²) in [5.74, 6) is 0.273. The first-order chi connectivity index (χ1) is 8.75. The van der Waals surface area contributed by atoms with Crippen LogP contribution in [0.3, 0.4) is 0 Å². The molecule has 0 saturated carbocycles. The minimum Gasteiger partial charge on any atom is -0.381 e. The van der Waals surface area contributed by atoms with Crippen molar-refractivity contribution in [2.45, 2.75) is 25.8 Å². The number of halogens is 1. The van der Waals surface area contributed by atoms with Crippen LogP contribution in [0, 0.1) is 5.92 Å². The first-order valence-electron chi connectivity index (χ1n) is 6.29. The van der Waals surface area contributed by atoms with Crippen LogP contribution >= 0.6 is 11.6 Å². The number of carbonyl (C=O) groups is 1. The van der Waals surface area contributed by atoms with E-state index in [9.17, 15) is 4.79 Å². The van der Waals surface area contributed by atoms with Gasteiger partial charge in [-0.15, -0.1) is 0 Å². The summed E-state index contributed by atoms with van der Waals surface area (Å²) in [7, 11) is 0. The average Bonchev–Trinajstić information content (AvgIpc) is 2.81. The maximum atomic E-state index is 11.8. The van der Waals surface area contributed by atoms with Gasteiger partial charge in [-0.05, 0) is 19.3 Å². The van der Waals surface area contributed by atoms with Gasteiger partial charge in [0, 0.05) is 38.4 Å². The number of aromatic nitrogens is 2. The molecule has 0 bridgehead atoms. The minimum atomic E-state index is 0.123. The van der Waals surface area contributed by atoms with Gasteiger partial charge in [0.2, 0.25) is 5.91 Å². The van der Waals surface area contributed by atoms with E-state index in [1.165, 1.54) is 0 Å². The number of hydrogen-bond donors (Lipinski definition) is 1. The number of aryl methyl sites for hydroxylation is 1. The van der Waals surface area contributed by atoms with Crippen LogP contribution in [0.15, 0.2) is 12.4 Å². The van der Waals surface area contributed by atoms with Crippen LogP contribution in [-0.2, 0) is 16.1 Å². The highest BCUT2D eigenvalue weighted by molar-refractivity contribution is 6.30. The van der Waals surface area contributed by atoms with E-state index in [0.29, 0.717) is 24.8 Å². The highest BCUT2D eigenvalue weighted by Crippen LogP contribution is 2.14. The van der Waals surface area contributed by atoms with E-state index in [0.717, 1.165) is 25.8 Å². The summed E-state index contributed by atoms with van der Waals surface area (Å²) in [5, 5.41) is 7.68. The molecule has 2 rings (SSSR count). The summed E-state index contributed by atoms with van der Waals surface area (Å²) in [5.41, 5.74) is 0. The number of hydrogen-bond acceptors (Lipinski definition) is 3. The van der Waals surface area contributed by atoms with Gasteiger partial charge in [0.05, 0.1) is 11.2 Å². The van der Waals surface area contributed by atoms with Gasteiger partial charge in [-0.2, -0.15) is 5.10 Å². The molecule has 1 N–H and O–H groups in total. The molecule has 1 aromatic rings. The molecule has 1 saturated heterocycles. The van der Waals surface area contributed by atoms with E-state index in [2.05, 4.69) is 10.4 Å². The molecule has 100 valence electrons. The SMILES string of the molecule is O=C(NCCCn1cc(Cl)cn1)C1CCOCC1. The van der Waals surface area contributed by atoms with Gasteiger partial charge in [-0.1, -0.05) is 11.6 Å². The molecule has 1 amide bonds. The van der Waals surface area contributed by atoms with Crippen molar-refractivity contribution in [3.8, 4) is 0 Å². The van der Waals surface area contributed by atoms with Crippen molar-refractivity contribution >= 4 is 17.5 Å². The molecule has 5 nitrogen and oxygen atoms in total. The maximum Gasteiger partial charge on any atom is 0.223 e. The van der Waals surface area contributed by atoms with E-state index >= 15 is 0 Å². The summed E-state index contributed by atoms with van der Waals surface area (Å²) in [6, 6.07) is 0. The molecule has 1 aliphatic heterocycles. The molecule has 1 fully saturated rings. The third-order valence-corrected chi connectivity index (χ3v) is 3.25. The van der Waals surface area contributed by atoms with E-state index in [4.69, 9.17) is 16.3 Å². The van der Waals surface area contributed by atoms with Gasteiger partial charge in [0.15, 0.2) is 0 Å². The quantitative estimate of drug-likeness (QED) is 0.825. The average molecular weight is 272 g/mol. The van der Waals surface area contributed by atoms with Crippen molar-refractivity contribution in [2.75, 3.05) is 19.8 Å². The Labute approximate surface area is 111 Å². The van der Waals surface area contributed by atoms with E-state index in [1.807, 2.05) is 0 Å². The third kappa shape index (κ3) is 3.99. The smallest absolute Gasteiger partial charge is 0.223 e. The fraction of sp³-hybridized carbons (Fsp3) is 0.667. The molecule has 0 unspecified atom stereocenters. The molecular weight excluding hydrogens is 254 g/mol. The molecular formula is C12H18ClN3O2. The van der Waals surface area contributed by atoms with Crippen molar-refractivity contribution in [3.63, 3.8) is 0 Å². The summed E-state index contributed by atoms with van der Waals surface area (Å²) >= 11 is 5.76. The molecule has 0 aliphatic carbocycles. The first-order valence-corrected chi connectivity index (χ1v) is 6.67. The zero-order valence-electron chi connectivity index (χ0n) is 10.3. The minimum absolute atomic E-state index is 0.123. The lowest BCUT2D eigenvalue weighted by molar-refractivity contribution is -0.127. The summed E-state index contributed by atoms with van der Waals surface area (Å²) in [4.78, 5) is 11.8. The lowest BCUT2D eigenvalue weighted by atomic mass is 9.99.